The van der Waals surface area contributed by atoms with Crippen LogP contribution in [0.2, 0.25) is 0 Å². The van der Waals surface area contributed by atoms with E-state index in [4.69, 9.17) is 0 Å². The highest BCUT2D eigenvalue weighted by Crippen LogP contribution is 2.26. The van der Waals surface area contributed by atoms with E-state index in [1.165, 1.54) is 34.6 Å². The molecule has 1 N–H and O–H groups in total. The third-order valence-electron chi connectivity index (χ3n) is 4.65. The van der Waals surface area contributed by atoms with Gasteiger partial charge in [-0.05, 0) is 43.3 Å². The number of hydrogen-bond donors (Lipinski definition) is 1. The van der Waals surface area contributed by atoms with Gasteiger partial charge in [-0.3, -0.25) is 9.36 Å². The second-order valence-corrected chi connectivity index (χ2v) is 8.02. The number of rotatable bonds is 8. The summed E-state index contributed by atoms with van der Waals surface area (Å²) in [5, 5.41) is 15.9. The van der Waals surface area contributed by atoms with Crippen LogP contribution in [0, 0.1) is 18.6 Å². The van der Waals surface area contributed by atoms with Crippen molar-refractivity contribution in [2.75, 3.05) is 11.1 Å². The molecule has 2 aromatic heterocycles. The summed E-state index contributed by atoms with van der Waals surface area (Å²) in [6.45, 7) is 5.90. The molecule has 0 aliphatic carbocycles. The van der Waals surface area contributed by atoms with Gasteiger partial charge in [-0.15, -0.1) is 16.8 Å². The first-order valence-corrected chi connectivity index (χ1v) is 11.0. The van der Waals surface area contributed by atoms with Gasteiger partial charge in [0.1, 0.15) is 17.5 Å². The van der Waals surface area contributed by atoms with Crippen molar-refractivity contribution in [3.63, 3.8) is 0 Å². The Kier molecular flexibility index (Phi) is 6.64. The lowest BCUT2D eigenvalue weighted by atomic mass is 10.2. The number of halogens is 2. The second kappa shape index (κ2) is 9.78. The Morgan fingerprint density at radius 1 is 1.15 bits per heavy atom. The number of carbonyl (C=O) groups is 1. The summed E-state index contributed by atoms with van der Waals surface area (Å²) in [6, 6.07) is 13.8. The summed E-state index contributed by atoms with van der Waals surface area (Å²) in [4.78, 5) is 12.7. The number of thioether (sulfide) groups is 1. The number of aromatic nitrogens is 5. The molecule has 0 aliphatic rings. The maximum Gasteiger partial charge on any atom is 0.236 e. The first kappa shape index (κ1) is 22.4. The first-order chi connectivity index (χ1) is 16.0. The van der Waals surface area contributed by atoms with Crippen molar-refractivity contribution in [2.24, 2.45) is 0 Å². The van der Waals surface area contributed by atoms with E-state index >= 15 is 0 Å². The highest BCUT2D eigenvalue weighted by atomic mass is 32.2. The molecule has 10 heteroatoms. The predicted molar refractivity (Wildman–Crippen MR) is 123 cm³/mol. The van der Waals surface area contributed by atoms with Gasteiger partial charge in [0.05, 0.1) is 22.7 Å². The van der Waals surface area contributed by atoms with Gasteiger partial charge < -0.3 is 5.32 Å². The third kappa shape index (κ3) is 5.01. The number of aryl methyl sites for hydroxylation is 1. The van der Waals surface area contributed by atoms with Crippen LogP contribution in [-0.2, 0) is 11.3 Å². The van der Waals surface area contributed by atoms with Crippen molar-refractivity contribution in [1.82, 2.24) is 24.5 Å². The Bertz CT molecular complexity index is 1300. The molecular weight excluding hydrogens is 446 g/mol. The Balaban J connectivity index is 1.50. The van der Waals surface area contributed by atoms with Crippen LogP contribution in [0.15, 0.2) is 72.4 Å². The minimum absolute atomic E-state index is 0.0419. The lowest BCUT2D eigenvalue weighted by Crippen LogP contribution is -2.17. The average Bonchev–Trinajstić information content (AvgIpc) is 3.36. The molecule has 0 spiro atoms. The zero-order valence-electron chi connectivity index (χ0n) is 17.7. The van der Waals surface area contributed by atoms with Gasteiger partial charge in [-0.1, -0.05) is 30.0 Å². The van der Waals surface area contributed by atoms with Crippen molar-refractivity contribution in [3.05, 3.63) is 84.6 Å². The van der Waals surface area contributed by atoms with Gasteiger partial charge in [0, 0.05) is 12.6 Å². The Hall–Kier alpha value is -3.79. The quantitative estimate of drug-likeness (QED) is 0.303. The van der Waals surface area contributed by atoms with E-state index in [0.717, 1.165) is 0 Å². The summed E-state index contributed by atoms with van der Waals surface area (Å²) < 4.78 is 30.8. The van der Waals surface area contributed by atoms with Crippen LogP contribution < -0.4 is 5.32 Å². The van der Waals surface area contributed by atoms with Crippen LogP contribution in [0.5, 0.6) is 0 Å². The van der Waals surface area contributed by atoms with E-state index in [1.807, 2.05) is 0 Å². The van der Waals surface area contributed by atoms with E-state index in [1.54, 1.807) is 54.0 Å². The summed E-state index contributed by atoms with van der Waals surface area (Å²) >= 11 is 1.17. The predicted octanol–water partition coefficient (Wildman–Crippen LogP) is 4.63. The van der Waals surface area contributed by atoms with Crippen LogP contribution in [-0.4, -0.2) is 36.2 Å². The monoisotopic (exact) mass is 466 g/mol. The number of hydrogen-bond acceptors (Lipinski definition) is 5. The van der Waals surface area contributed by atoms with Crippen LogP contribution in [0.25, 0.3) is 17.1 Å². The van der Waals surface area contributed by atoms with Gasteiger partial charge in [0.2, 0.25) is 5.91 Å². The highest BCUT2D eigenvalue weighted by molar-refractivity contribution is 7.99. The Morgan fingerprint density at radius 2 is 1.91 bits per heavy atom. The maximum absolute atomic E-state index is 14.3. The fourth-order valence-corrected chi connectivity index (χ4v) is 3.96. The molecule has 168 valence electrons. The van der Waals surface area contributed by atoms with E-state index in [-0.39, 0.29) is 17.5 Å². The minimum Gasteiger partial charge on any atom is -0.310 e. The summed E-state index contributed by atoms with van der Waals surface area (Å²) in [7, 11) is 0. The van der Waals surface area contributed by atoms with E-state index in [9.17, 15) is 13.6 Å². The normalized spacial score (nSPS) is 10.9. The molecule has 4 aromatic rings. The van der Waals surface area contributed by atoms with Gasteiger partial charge in [0.25, 0.3) is 0 Å². The molecule has 2 aromatic carbocycles. The van der Waals surface area contributed by atoms with Crippen LogP contribution in [0.1, 0.15) is 5.69 Å². The van der Waals surface area contributed by atoms with Crippen LogP contribution in [0.3, 0.4) is 0 Å². The van der Waals surface area contributed by atoms with Crippen molar-refractivity contribution < 1.29 is 13.6 Å². The summed E-state index contributed by atoms with van der Waals surface area (Å²) in [5.74, 6) is -0.189. The summed E-state index contributed by atoms with van der Waals surface area (Å²) in [6.07, 6.45) is 1.65. The smallest absolute Gasteiger partial charge is 0.236 e. The average molecular weight is 467 g/mol. The Labute approximate surface area is 193 Å². The van der Waals surface area contributed by atoms with Gasteiger partial charge in [-0.2, -0.15) is 5.10 Å². The fraction of sp³-hybridized carbons (Fsp3) is 0.130. The molecule has 0 bridgehead atoms. The van der Waals surface area contributed by atoms with E-state index in [0.29, 0.717) is 40.3 Å². The van der Waals surface area contributed by atoms with E-state index < -0.39 is 5.82 Å². The first-order valence-electron chi connectivity index (χ1n) is 10.0. The summed E-state index contributed by atoms with van der Waals surface area (Å²) in [5.41, 5.74) is 1.64. The standard InChI is InChI=1S/C23H20F2N6OS/c1-3-12-30-22(18-6-4-5-7-19(18)25)27-28-23(30)33-14-21(32)26-20-13-15(2)29-31(20)17-10-8-16(24)9-11-17/h3-11,13H,1,12,14H2,2H3,(H,26,32). The van der Waals surface area contributed by atoms with Crippen molar-refractivity contribution in [1.29, 1.82) is 0 Å². The number of nitrogens with one attached hydrogen (secondary N) is 1. The number of anilines is 1. The zero-order chi connectivity index (χ0) is 23.4. The van der Waals surface area contributed by atoms with Crippen LogP contribution in [0.4, 0.5) is 14.6 Å². The topological polar surface area (TPSA) is 77.6 Å². The number of amides is 1. The van der Waals surface area contributed by atoms with Crippen molar-refractivity contribution in [3.8, 4) is 17.1 Å². The maximum atomic E-state index is 14.3. The molecule has 0 unspecified atom stereocenters. The minimum atomic E-state index is -0.408. The zero-order valence-corrected chi connectivity index (χ0v) is 18.5. The lowest BCUT2D eigenvalue weighted by molar-refractivity contribution is -0.113. The third-order valence-corrected chi connectivity index (χ3v) is 5.61. The lowest BCUT2D eigenvalue weighted by Gasteiger charge is -2.10. The molecule has 0 atom stereocenters. The fourth-order valence-electron chi connectivity index (χ4n) is 3.21. The molecule has 2 heterocycles. The number of nitrogens with zero attached hydrogens (tertiary/aromatic N) is 5. The Morgan fingerprint density at radius 3 is 2.64 bits per heavy atom. The molecule has 0 saturated heterocycles. The van der Waals surface area contributed by atoms with Crippen LogP contribution >= 0.6 is 11.8 Å². The molecule has 0 saturated carbocycles. The SMILES string of the molecule is C=CCn1c(SCC(=O)Nc2cc(C)nn2-c2ccc(F)cc2)nnc1-c1ccccc1F. The molecule has 0 aliphatic heterocycles. The molecule has 33 heavy (non-hydrogen) atoms. The number of benzene rings is 2. The number of carbonyl (C=O) groups excluding carboxylic acids is 1. The second-order valence-electron chi connectivity index (χ2n) is 7.08. The van der Waals surface area contributed by atoms with Crippen molar-refractivity contribution in [2.45, 2.75) is 18.6 Å². The van der Waals surface area contributed by atoms with Gasteiger partial charge >= 0.3 is 0 Å². The molecule has 7 nitrogen and oxygen atoms in total. The molecular formula is C23H20F2N6OS. The molecule has 4 rings (SSSR count). The van der Waals surface area contributed by atoms with E-state index in [2.05, 4.69) is 27.2 Å². The largest absolute Gasteiger partial charge is 0.310 e. The number of allylic oxidation sites excluding steroid dienone is 1. The molecule has 0 fully saturated rings. The van der Waals surface area contributed by atoms with Gasteiger partial charge in [0.15, 0.2) is 11.0 Å². The van der Waals surface area contributed by atoms with Gasteiger partial charge in [-0.25, -0.2) is 13.5 Å². The molecule has 1 amide bonds. The van der Waals surface area contributed by atoms with Crippen molar-refractivity contribution >= 4 is 23.5 Å². The highest BCUT2D eigenvalue weighted by Gasteiger charge is 2.18. The molecule has 0 radical (unpaired) electrons.